The molecule has 0 saturated heterocycles. The van der Waals surface area contributed by atoms with Crippen molar-refractivity contribution in [2.24, 2.45) is 0 Å². The van der Waals surface area contributed by atoms with Crippen LogP contribution in [0.3, 0.4) is 0 Å². The van der Waals surface area contributed by atoms with Gasteiger partial charge in [-0.25, -0.2) is 14.4 Å². The van der Waals surface area contributed by atoms with E-state index in [1.54, 1.807) is 40.7 Å². The molecule has 74 valence electrons. The van der Waals surface area contributed by atoms with Gasteiger partial charge in [-0.05, 0) is 15.3 Å². The third-order valence-corrected chi connectivity index (χ3v) is 4.75. The summed E-state index contributed by atoms with van der Waals surface area (Å²) in [5, 5.41) is 3.52. The van der Waals surface area contributed by atoms with Gasteiger partial charge in [-0.1, -0.05) is 18.2 Å². The standard InChI is InChI=1S/C11H6O3S/c12-5-9-6-15(7-13,8-14)11-4-2-1-3-10(9)11/h1-4H,6H2. The number of fused-ring (bicyclic) bond motifs is 1. The summed E-state index contributed by atoms with van der Waals surface area (Å²) in [4.78, 5) is 33.0. The van der Waals surface area contributed by atoms with Crippen LogP contribution < -0.4 is 0 Å². The summed E-state index contributed by atoms with van der Waals surface area (Å²) in [5.41, 5.74) is 1.00. The van der Waals surface area contributed by atoms with Crippen LogP contribution in [-0.4, -0.2) is 22.2 Å². The second-order valence-corrected chi connectivity index (χ2v) is 5.67. The number of carbonyl (C=O) groups excluding carboxylic acids is 3. The number of hydrogen-bond acceptors (Lipinski definition) is 3. The molecule has 0 saturated carbocycles. The van der Waals surface area contributed by atoms with E-state index in [1.807, 2.05) is 0 Å². The number of benzene rings is 1. The molecule has 3 nitrogen and oxygen atoms in total. The Morgan fingerprint density at radius 3 is 2.33 bits per heavy atom. The Kier molecular flexibility index (Phi) is 2.20. The number of hydrogen-bond donors (Lipinski definition) is 0. The Morgan fingerprint density at radius 2 is 1.73 bits per heavy atom. The fraction of sp³-hybridized carbons (Fsp3) is 0.0909. The van der Waals surface area contributed by atoms with Gasteiger partial charge in [-0.3, -0.25) is 0 Å². The Bertz CT molecular complexity index is 626. The maximum atomic E-state index is 10.9. The molecule has 4 heteroatoms. The lowest BCUT2D eigenvalue weighted by atomic mass is 10.1. The van der Waals surface area contributed by atoms with Crippen LogP contribution >= 0.6 is 9.21 Å². The van der Waals surface area contributed by atoms with E-state index >= 15 is 0 Å². The van der Waals surface area contributed by atoms with Crippen LogP contribution in [-0.2, 0) is 14.4 Å². The second kappa shape index (κ2) is 3.39. The fourth-order valence-corrected chi connectivity index (χ4v) is 3.65. The lowest BCUT2D eigenvalue weighted by Crippen LogP contribution is -1.81. The van der Waals surface area contributed by atoms with E-state index in [1.165, 1.54) is 0 Å². The van der Waals surface area contributed by atoms with E-state index in [2.05, 4.69) is 0 Å². The van der Waals surface area contributed by atoms with E-state index in [-0.39, 0.29) is 5.75 Å². The first-order chi connectivity index (χ1) is 7.27. The first-order valence-electron chi connectivity index (χ1n) is 4.19. The average molecular weight is 218 g/mol. The molecule has 1 aromatic carbocycles. The van der Waals surface area contributed by atoms with Gasteiger partial charge in [0.05, 0.1) is 5.57 Å². The smallest absolute Gasteiger partial charge is 0.165 e. The number of rotatable bonds is 0. The van der Waals surface area contributed by atoms with Crippen LogP contribution in [0.4, 0.5) is 0 Å². The molecule has 0 N–H and O–H groups in total. The van der Waals surface area contributed by atoms with Crippen molar-refractivity contribution in [3.8, 4) is 0 Å². The normalized spacial score (nSPS) is 16.1. The monoisotopic (exact) mass is 218 g/mol. The second-order valence-electron chi connectivity index (χ2n) is 3.13. The summed E-state index contributed by atoms with van der Waals surface area (Å²) in [5.74, 6) is 1.87. The van der Waals surface area contributed by atoms with Gasteiger partial charge >= 0.3 is 0 Å². The van der Waals surface area contributed by atoms with Gasteiger partial charge in [0, 0.05) is 16.2 Å². The molecule has 0 atom stereocenters. The molecule has 2 rings (SSSR count). The summed E-state index contributed by atoms with van der Waals surface area (Å²) in [6, 6.07) is 6.86. The van der Waals surface area contributed by atoms with Gasteiger partial charge in [-0.2, -0.15) is 0 Å². The maximum Gasteiger partial charge on any atom is 0.165 e. The summed E-state index contributed by atoms with van der Waals surface area (Å²) in [6.07, 6.45) is 0. The van der Waals surface area contributed by atoms with Crippen molar-refractivity contribution >= 4 is 31.2 Å². The summed E-state index contributed by atoms with van der Waals surface area (Å²) < 4.78 is 0. The van der Waals surface area contributed by atoms with Gasteiger partial charge in [0.2, 0.25) is 0 Å². The van der Waals surface area contributed by atoms with Crippen molar-refractivity contribution in [2.45, 2.75) is 4.90 Å². The molecule has 0 aliphatic carbocycles. The van der Waals surface area contributed by atoms with Crippen molar-refractivity contribution in [1.82, 2.24) is 0 Å². The van der Waals surface area contributed by atoms with Gasteiger partial charge in [0.1, 0.15) is 5.94 Å². The molecule has 15 heavy (non-hydrogen) atoms. The summed E-state index contributed by atoms with van der Waals surface area (Å²) in [6.45, 7) is 0. The molecule has 0 bridgehead atoms. The molecule has 0 aromatic heterocycles. The Balaban J connectivity index is 3.03. The first-order valence-corrected chi connectivity index (χ1v) is 6.00. The van der Waals surface area contributed by atoms with E-state index in [0.29, 0.717) is 16.0 Å². The lowest BCUT2D eigenvalue weighted by Gasteiger charge is -1.98. The van der Waals surface area contributed by atoms with Gasteiger partial charge in [-0.15, -0.1) is 0 Å². The Hall–Kier alpha value is -1.82. The van der Waals surface area contributed by atoms with Crippen LogP contribution in [0.25, 0.3) is 5.57 Å². The zero-order chi connectivity index (χ0) is 10.9. The molecule has 0 amide bonds. The Labute approximate surface area is 86.5 Å². The topological polar surface area (TPSA) is 51.2 Å². The van der Waals surface area contributed by atoms with Gasteiger partial charge in [0.15, 0.2) is 10.5 Å². The highest BCUT2D eigenvalue weighted by Crippen LogP contribution is 2.47. The molecule has 0 fully saturated rings. The highest BCUT2D eigenvalue weighted by molar-refractivity contribution is 8.29. The molecule has 0 unspecified atom stereocenters. The predicted octanol–water partition coefficient (Wildman–Crippen LogP) is 1.21. The summed E-state index contributed by atoms with van der Waals surface area (Å²) in [7, 11) is -2.37. The summed E-state index contributed by atoms with van der Waals surface area (Å²) >= 11 is 0. The minimum atomic E-state index is -2.37. The quantitative estimate of drug-likeness (QED) is 0.486. The third kappa shape index (κ3) is 1.22. The van der Waals surface area contributed by atoms with Crippen molar-refractivity contribution < 1.29 is 14.4 Å². The zero-order valence-electron chi connectivity index (χ0n) is 7.65. The minimum absolute atomic E-state index is 0.100. The molecular weight excluding hydrogens is 212 g/mol. The van der Waals surface area contributed by atoms with Crippen LogP contribution in [0, 0.1) is 0 Å². The fourth-order valence-electron chi connectivity index (χ4n) is 1.64. The zero-order valence-corrected chi connectivity index (χ0v) is 8.47. The molecule has 0 spiro atoms. The lowest BCUT2D eigenvalue weighted by molar-refractivity contribution is 0.569. The SMILES string of the molecule is O=C=C1CS(=C=O)(=C=O)c2ccccc21. The third-order valence-electron chi connectivity index (χ3n) is 2.36. The molecular formula is C11H6O3S. The molecule has 1 heterocycles. The predicted molar refractivity (Wildman–Crippen MR) is 57.7 cm³/mol. The van der Waals surface area contributed by atoms with E-state index in [0.717, 1.165) is 0 Å². The molecule has 1 aromatic rings. The van der Waals surface area contributed by atoms with Crippen LogP contribution in [0.15, 0.2) is 29.2 Å². The van der Waals surface area contributed by atoms with Gasteiger partial charge < -0.3 is 0 Å². The van der Waals surface area contributed by atoms with Gasteiger partial charge in [0.25, 0.3) is 0 Å². The van der Waals surface area contributed by atoms with Crippen molar-refractivity contribution in [1.29, 1.82) is 0 Å². The van der Waals surface area contributed by atoms with Crippen LogP contribution in [0.1, 0.15) is 5.56 Å². The minimum Gasteiger partial charge on any atom is -0.233 e. The van der Waals surface area contributed by atoms with E-state index in [9.17, 15) is 14.4 Å². The largest absolute Gasteiger partial charge is 0.233 e. The molecule has 1 aliphatic rings. The molecule has 0 radical (unpaired) electrons. The first kappa shape index (κ1) is 9.72. The van der Waals surface area contributed by atoms with Crippen molar-refractivity contribution in [3.05, 3.63) is 29.8 Å². The maximum absolute atomic E-state index is 10.9. The highest BCUT2D eigenvalue weighted by atomic mass is 32.2. The Morgan fingerprint density at radius 1 is 1.07 bits per heavy atom. The van der Waals surface area contributed by atoms with Crippen LogP contribution in [0.2, 0.25) is 0 Å². The highest BCUT2D eigenvalue weighted by Gasteiger charge is 2.26. The van der Waals surface area contributed by atoms with E-state index < -0.39 is 9.21 Å². The van der Waals surface area contributed by atoms with E-state index in [4.69, 9.17) is 0 Å². The van der Waals surface area contributed by atoms with Crippen molar-refractivity contribution in [2.75, 3.05) is 5.75 Å². The average Bonchev–Trinajstić information content (AvgIpc) is 2.64. The van der Waals surface area contributed by atoms with Crippen molar-refractivity contribution in [3.63, 3.8) is 0 Å². The van der Waals surface area contributed by atoms with Crippen LogP contribution in [0.5, 0.6) is 0 Å². The molecule has 1 aliphatic heterocycles.